The summed E-state index contributed by atoms with van der Waals surface area (Å²) in [6.07, 6.45) is -9.09. The lowest BCUT2D eigenvalue weighted by Gasteiger charge is -2.71. The Morgan fingerprint density at radius 3 is 1.97 bits per heavy atom. The molecule has 0 radical (unpaired) electrons. The number of hydrogen-bond acceptors (Lipinski definition) is 22. The maximum atomic E-state index is 16.1. The Kier molecular flexibility index (Phi) is 25.1. The number of aliphatic hydroxyl groups is 1. The third-order valence-corrected chi connectivity index (χ3v) is 20.1. The second-order valence-electron chi connectivity index (χ2n) is 25.4. The summed E-state index contributed by atoms with van der Waals surface area (Å²) in [4.78, 5) is 147. The number of hydrogen-bond donors (Lipinski definition) is 8. The fourth-order valence-electron chi connectivity index (χ4n) is 13.4. The van der Waals surface area contributed by atoms with E-state index in [1.165, 1.54) is 61.8 Å². The summed E-state index contributed by atoms with van der Waals surface area (Å²) in [7, 11) is 5.15. The number of Topliss-reactive ketones (excluding diaryl/α,β-unsaturated/α-hetero) is 1. The van der Waals surface area contributed by atoms with Crippen LogP contribution in [0.3, 0.4) is 0 Å². The van der Waals surface area contributed by atoms with Crippen molar-refractivity contribution >= 4 is 87.2 Å². The highest BCUT2D eigenvalue weighted by Gasteiger charge is 2.82. The summed E-state index contributed by atoms with van der Waals surface area (Å²) in [5, 5.41) is 51.8. The number of rotatable bonds is 30. The van der Waals surface area contributed by atoms with Gasteiger partial charge in [0.2, 0.25) is 12.0 Å². The molecule has 0 unspecified atom stereocenters. The van der Waals surface area contributed by atoms with Crippen LogP contribution in [-0.4, -0.2) is 190 Å². The molecule has 13 atom stereocenters. The molecule has 1 saturated heterocycles. The summed E-state index contributed by atoms with van der Waals surface area (Å²) in [5.41, 5.74) is -10.2. The molecule has 4 aliphatic rings. The van der Waals surface area contributed by atoms with E-state index in [0.717, 1.165) is 0 Å². The number of aliphatic carboxylic acids is 3. The number of ketones is 1. The highest BCUT2D eigenvalue weighted by molar-refractivity contribution is 8.76. The standard InChI is InChI=1S/C64H86N4O23S2/c1-35-41(32-64(83)60(6,7)47(35)49(85-11)51(74)61(8)42(84-10)31-43-63(34-86-43,89-36(2)69)56(61)62(64,9)90-54(79)38-23-16-13-17-24-38)87-55(80)50(48(37-21-14-12-15-22-37)68-58(82)91-59(3,4)5)88-46(73)26-20-30-92-93-33-44(70)65-29-19-18-25-39(52(75)76)66-57(81)67-40(53(77)78)27-28-45(71)72/h12-17,21-24,39-43,48-50,56,83H,18-20,25-34H2,1-11H3,(H,65,70)(H,68,82)(H,71,72)(H,75,76)(H,77,78)(H2,66,67,81)/t39-,40-,41-,42-,43+,48-,49+,50+,56+,61-,62+,63-,64-/m0/s1. The van der Waals surface area contributed by atoms with Gasteiger partial charge in [0.25, 0.3) is 0 Å². The number of unbranched alkanes of at least 4 members (excludes halogenated alkanes) is 1. The van der Waals surface area contributed by atoms with Gasteiger partial charge >= 0.3 is 53.9 Å². The van der Waals surface area contributed by atoms with Crippen molar-refractivity contribution in [3.63, 3.8) is 0 Å². The highest BCUT2D eigenvalue weighted by Crippen LogP contribution is 2.68. The highest BCUT2D eigenvalue weighted by atomic mass is 33.1. The van der Waals surface area contributed by atoms with Crippen LogP contribution < -0.4 is 21.3 Å². The number of amides is 4. The number of urea groups is 1. The summed E-state index contributed by atoms with van der Waals surface area (Å²) < 4.78 is 49.8. The number of carbonyl (C=O) groups is 11. The molecule has 4 amide bonds. The summed E-state index contributed by atoms with van der Waals surface area (Å²) in [6, 6.07) is 10.5. The number of carboxylic acid groups (broad SMARTS) is 3. The van der Waals surface area contributed by atoms with Crippen LogP contribution in [0.15, 0.2) is 71.8 Å². The normalized spacial score (nSPS) is 26.6. The van der Waals surface area contributed by atoms with Gasteiger partial charge in [0, 0.05) is 64.5 Å². The molecule has 2 aromatic rings. The van der Waals surface area contributed by atoms with Crippen molar-refractivity contribution in [2.75, 3.05) is 38.9 Å². The molecule has 2 aromatic carbocycles. The zero-order valence-corrected chi connectivity index (χ0v) is 55.7. The molecule has 6 rings (SSSR count). The first-order chi connectivity index (χ1) is 43.6. The van der Waals surface area contributed by atoms with Gasteiger partial charge in [0.15, 0.2) is 11.4 Å². The van der Waals surface area contributed by atoms with E-state index in [2.05, 4.69) is 21.3 Å². The van der Waals surface area contributed by atoms with E-state index in [0.29, 0.717) is 12.2 Å². The first-order valence-electron chi connectivity index (χ1n) is 30.4. The van der Waals surface area contributed by atoms with Crippen LogP contribution in [0.1, 0.15) is 142 Å². The van der Waals surface area contributed by atoms with E-state index >= 15 is 9.59 Å². The minimum atomic E-state index is -2.42. The van der Waals surface area contributed by atoms with Crippen molar-refractivity contribution in [3.05, 3.63) is 82.9 Å². The van der Waals surface area contributed by atoms with Crippen LogP contribution >= 0.6 is 21.6 Å². The maximum absolute atomic E-state index is 16.1. The second kappa shape index (κ2) is 31.3. The molecule has 1 aliphatic heterocycles. The maximum Gasteiger partial charge on any atom is 0.408 e. The molecule has 2 saturated carbocycles. The fraction of sp³-hybridized carbons (Fsp3) is 0.609. The third kappa shape index (κ3) is 17.0. The number of nitrogens with one attached hydrogen (secondary N) is 4. The average molecular weight is 1340 g/mol. The lowest BCUT2D eigenvalue weighted by Crippen LogP contribution is -2.85. The molecule has 2 bridgehead atoms. The molecule has 3 fully saturated rings. The van der Waals surface area contributed by atoms with Crippen molar-refractivity contribution in [2.24, 2.45) is 16.7 Å². The molecule has 93 heavy (non-hydrogen) atoms. The van der Waals surface area contributed by atoms with Crippen LogP contribution in [-0.2, 0) is 76.3 Å². The molecule has 1 heterocycles. The fourth-order valence-corrected chi connectivity index (χ4v) is 15.4. The van der Waals surface area contributed by atoms with Gasteiger partial charge in [0.1, 0.15) is 53.2 Å². The van der Waals surface area contributed by atoms with E-state index < -0.39 is 167 Å². The third-order valence-electron chi connectivity index (χ3n) is 17.8. The lowest BCUT2D eigenvalue weighted by molar-refractivity contribution is -0.367. The van der Waals surface area contributed by atoms with Crippen molar-refractivity contribution in [3.8, 4) is 0 Å². The van der Waals surface area contributed by atoms with Crippen molar-refractivity contribution < 1.29 is 111 Å². The topological polar surface area (TPSA) is 391 Å². The Morgan fingerprint density at radius 2 is 1.41 bits per heavy atom. The van der Waals surface area contributed by atoms with Gasteiger partial charge in [0.05, 0.1) is 35.4 Å². The molecular formula is C64H86N4O23S2. The van der Waals surface area contributed by atoms with Gasteiger partial charge < -0.3 is 79.6 Å². The molecule has 3 aliphatic carbocycles. The van der Waals surface area contributed by atoms with E-state index in [4.69, 9.17) is 43.0 Å². The van der Waals surface area contributed by atoms with Crippen LogP contribution in [0, 0.1) is 16.7 Å². The smallest absolute Gasteiger partial charge is 0.408 e. The Balaban J connectivity index is 1.23. The zero-order valence-electron chi connectivity index (χ0n) is 54.0. The second-order valence-corrected chi connectivity index (χ2v) is 28.0. The number of benzene rings is 2. The quantitative estimate of drug-likeness (QED) is 0.0145. The molecule has 8 N–H and O–H groups in total. The number of carbonyl (C=O) groups excluding carboxylic acids is 8. The van der Waals surface area contributed by atoms with E-state index in [1.807, 2.05) is 0 Å². The Labute approximate surface area is 546 Å². The number of methoxy groups -OCH3 is 2. The minimum Gasteiger partial charge on any atom is -0.481 e. The van der Waals surface area contributed by atoms with Gasteiger partial charge in [-0.15, -0.1) is 0 Å². The van der Waals surface area contributed by atoms with Gasteiger partial charge in [-0.05, 0) is 102 Å². The monoisotopic (exact) mass is 1340 g/mol. The van der Waals surface area contributed by atoms with Crippen LogP contribution in [0.2, 0.25) is 0 Å². The Bertz CT molecular complexity index is 3130. The van der Waals surface area contributed by atoms with Crippen molar-refractivity contribution in [1.82, 2.24) is 21.3 Å². The van der Waals surface area contributed by atoms with Crippen LogP contribution in [0.4, 0.5) is 9.59 Å². The van der Waals surface area contributed by atoms with Crippen molar-refractivity contribution in [2.45, 2.75) is 191 Å². The Morgan fingerprint density at radius 1 is 0.785 bits per heavy atom. The van der Waals surface area contributed by atoms with Gasteiger partial charge in [-0.3, -0.25) is 24.0 Å². The van der Waals surface area contributed by atoms with Crippen LogP contribution in [0.5, 0.6) is 0 Å². The van der Waals surface area contributed by atoms with Gasteiger partial charge in [-0.2, -0.15) is 0 Å². The van der Waals surface area contributed by atoms with E-state index in [9.17, 15) is 58.5 Å². The zero-order chi connectivity index (χ0) is 69.0. The number of carboxylic acids is 3. The largest absolute Gasteiger partial charge is 0.481 e. The molecular weight excluding hydrogens is 1260 g/mol. The Hall–Kier alpha value is -7.31. The van der Waals surface area contributed by atoms with Gasteiger partial charge in [-0.25, -0.2) is 28.8 Å². The molecule has 0 aromatic heterocycles. The summed E-state index contributed by atoms with van der Waals surface area (Å²) >= 11 is 0. The SMILES string of the molecule is CO[C@H]1C(=O)[C@]2(C)[C@@H](OC)C[C@H]3OC[C@@]3(OC(C)=O)[C@H]2[C@@](C)(OC(=O)c2ccccc2)[C@]2(O)C[C@H](OC(=O)[C@H](OC(=O)CCCSSCC(=O)NCCCC[C@H](NC(=O)N[C@@H](CCC(=O)O)C(=O)O)C(=O)O)[C@@H](NC(=O)OC(C)(C)C)c3ccccc3)C(C)=C1C2(C)C. The first-order valence-corrected chi connectivity index (χ1v) is 32.9. The van der Waals surface area contributed by atoms with Gasteiger partial charge in [-0.1, -0.05) is 84.0 Å². The molecule has 512 valence electrons. The van der Waals surface area contributed by atoms with E-state index in [1.54, 1.807) is 97.0 Å². The number of fused-ring (bicyclic) bond motifs is 5. The number of ether oxygens (including phenoxy) is 8. The molecule has 27 nitrogen and oxygen atoms in total. The predicted octanol–water partition coefficient (Wildman–Crippen LogP) is 6.03. The summed E-state index contributed by atoms with van der Waals surface area (Å²) in [5.74, 6) is -10.1. The van der Waals surface area contributed by atoms with E-state index in [-0.39, 0.29) is 79.2 Å². The average Bonchev–Trinajstić information content (AvgIpc) is 0.658. The minimum absolute atomic E-state index is 0.0170. The molecule has 0 spiro atoms. The number of alkyl carbamates (subject to hydrolysis) is 1. The first kappa shape index (κ1) is 74.7. The predicted molar refractivity (Wildman–Crippen MR) is 334 cm³/mol. The summed E-state index contributed by atoms with van der Waals surface area (Å²) in [6.45, 7) is 13.9. The van der Waals surface area contributed by atoms with Crippen molar-refractivity contribution in [1.29, 1.82) is 0 Å². The lowest BCUT2D eigenvalue weighted by atomic mass is 9.41. The molecule has 29 heteroatoms. The van der Waals surface area contributed by atoms with Crippen LogP contribution in [0.25, 0.3) is 0 Å². The number of esters is 4.